The van der Waals surface area contributed by atoms with Gasteiger partial charge in [0.2, 0.25) is 0 Å². The quantitative estimate of drug-likeness (QED) is 0.720. The van der Waals surface area contributed by atoms with Crippen LogP contribution in [-0.4, -0.2) is 24.0 Å². The van der Waals surface area contributed by atoms with E-state index in [-0.39, 0.29) is 18.6 Å². The smallest absolute Gasteiger partial charge is 0.370 e. The Bertz CT molecular complexity index is 339. The number of pyridine rings is 1. The number of nitrogens with zero attached hydrogens (tertiary/aromatic N) is 1. The first-order valence-corrected chi connectivity index (χ1v) is 4.28. The van der Waals surface area contributed by atoms with Gasteiger partial charge < -0.3 is 9.30 Å². The maximum absolute atomic E-state index is 11.7. The van der Waals surface area contributed by atoms with Crippen LogP contribution in [0.5, 0.6) is 0 Å². The summed E-state index contributed by atoms with van der Waals surface area (Å²) in [7, 11) is 0. The molecular weight excluding hydrogens is 211 g/mol. The van der Waals surface area contributed by atoms with Crippen LogP contribution in [0.2, 0.25) is 0 Å². The Balaban J connectivity index is 2.26. The highest BCUT2D eigenvalue weighted by Crippen LogP contribution is 2.14. The second-order valence-corrected chi connectivity index (χ2v) is 2.94. The molecule has 0 N–H and O–H groups in total. The molecule has 0 saturated heterocycles. The summed E-state index contributed by atoms with van der Waals surface area (Å²) in [6.45, 7) is -0.994. The number of halogens is 3. The molecule has 84 valence electrons. The first kappa shape index (κ1) is 11.8. The lowest BCUT2D eigenvalue weighted by atomic mass is 10.4. The van der Waals surface area contributed by atoms with Gasteiger partial charge in [0.25, 0.3) is 0 Å². The highest BCUT2D eigenvalue weighted by atomic mass is 19.4. The largest absolute Gasteiger partial charge is 0.411 e. The minimum Gasteiger partial charge on any atom is -0.370 e. The molecular formula is C9H10F3NO2. The maximum Gasteiger partial charge on any atom is 0.411 e. The van der Waals surface area contributed by atoms with Gasteiger partial charge in [-0.3, -0.25) is 4.79 Å². The predicted molar refractivity (Wildman–Crippen MR) is 47.6 cm³/mol. The first-order chi connectivity index (χ1) is 6.97. The summed E-state index contributed by atoms with van der Waals surface area (Å²) in [6.07, 6.45) is -1.29. The first-order valence-electron chi connectivity index (χ1n) is 4.28. The van der Waals surface area contributed by atoms with Crippen molar-refractivity contribution in [2.45, 2.75) is 12.7 Å². The fourth-order valence-electron chi connectivity index (χ4n) is 0.951. The minimum atomic E-state index is -4.29. The van der Waals surface area contributed by atoms with Crippen LogP contribution in [0, 0.1) is 0 Å². The van der Waals surface area contributed by atoms with Gasteiger partial charge in [-0.25, -0.2) is 0 Å². The Labute approximate surface area is 84.1 Å². The van der Waals surface area contributed by atoms with E-state index in [0.717, 1.165) is 0 Å². The van der Waals surface area contributed by atoms with E-state index in [1.807, 2.05) is 0 Å². The van der Waals surface area contributed by atoms with Crippen LogP contribution in [0.3, 0.4) is 0 Å². The molecule has 15 heavy (non-hydrogen) atoms. The van der Waals surface area contributed by atoms with Gasteiger partial charge in [0.15, 0.2) is 5.43 Å². The van der Waals surface area contributed by atoms with E-state index < -0.39 is 12.8 Å². The molecule has 0 spiro atoms. The van der Waals surface area contributed by atoms with E-state index in [2.05, 4.69) is 4.74 Å². The minimum absolute atomic E-state index is 0.0393. The average Bonchev–Trinajstić information content (AvgIpc) is 2.14. The second-order valence-electron chi connectivity index (χ2n) is 2.94. The zero-order chi connectivity index (χ0) is 11.3. The standard InChI is InChI=1S/C9H10F3NO2/c10-9(11,12)7-15-6-5-13-3-1-8(14)2-4-13/h1-4H,5-7H2. The lowest BCUT2D eigenvalue weighted by Gasteiger charge is -2.08. The van der Waals surface area contributed by atoms with Crippen molar-refractivity contribution in [3.05, 3.63) is 34.7 Å². The van der Waals surface area contributed by atoms with Crippen LogP contribution >= 0.6 is 0 Å². The number of hydrogen-bond donors (Lipinski definition) is 0. The lowest BCUT2D eigenvalue weighted by Crippen LogP contribution is -2.19. The van der Waals surface area contributed by atoms with E-state index in [1.165, 1.54) is 24.5 Å². The molecule has 0 atom stereocenters. The molecule has 0 bridgehead atoms. The number of hydrogen-bond acceptors (Lipinski definition) is 2. The zero-order valence-corrected chi connectivity index (χ0v) is 7.83. The average molecular weight is 221 g/mol. The maximum atomic E-state index is 11.7. The van der Waals surface area contributed by atoms with Gasteiger partial charge in [-0.2, -0.15) is 13.2 Å². The summed E-state index contributed by atoms with van der Waals surface area (Å²) >= 11 is 0. The molecule has 0 radical (unpaired) electrons. The van der Waals surface area contributed by atoms with Gasteiger partial charge in [0, 0.05) is 31.1 Å². The van der Waals surface area contributed by atoms with Crippen LogP contribution in [0.15, 0.2) is 29.3 Å². The van der Waals surface area contributed by atoms with E-state index in [4.69, 9.17) is 0 Å². The molecule has 1 rings (SSSR count). The Morgan fingerprint density at radius 2 is 1.87 bits per heavy atom. The van der Waals surface area contributed by atoms with Crippen molar-refractivity contribution < 1.29 is 17.9 Å². The third-order valence-electron chi connectivity index (χ3n) is 1.62. The molecule has 0 saturated carbocycles. The van der Waals surface area contributed by atoms with Gasteiger partial charge in [-0.05, 0) is 0 Å². The third-order valence-corrected chi connectivity index (χ3v) is 1.62. The highest BCUT2D eigenvalue weighted by molar-refractivity contribution is 4.93. The third kappa shape index (κ3) is 5.21. The van der Waals surface area contributed by atoms with Gasteiger partial charge in [0.1, 0.15) is 6.61 Å². The molecule has 0 amide bonds. The second kappa shape index (κ2) is 4.97. The Kier molecular flexibility index (Phi) is 3.90. The molecule has 6 heteroatoms. The van der Waals surface area contributed by atoms with Crippen molar-refractivity contribution in [3.8, 4) is 0 Å². The molecule has 1 aromatic rings. The molecule has 1 heterocycles. The van der Waals surface area contributed by atoms with E-state index >= 15 is 0 Å². The molecule has 3 nitrogen and oxygen atoms in total. The molecule has 0 unspecified atom stereocenters. The van der Waals surface area contributed by atoms with Crippen molar-refractivity contribution in [1.82, 2.24) is 4.57 Å². The van der Waals surface area contributed by atoms with Gasteiger partial charge in [-0.1, -0.05) is 0 Å². The van der Waals surface area contributed by atoms with Crippen LogP contribution in [0.25, 0.3) is 0 Å². The lowest BCUT2D eigenvalue weighted by molar-refractivity contribution is -0.174. The Hall–Kier alpha value is -1.30. The predicted octanol–water partition coefficient (Wildman–Crippen LogP) is 1.43. The van der Waals surface area contributed by atoms with Crippen molar-refractivity contribution >= 4 is 0 Å². The fourth-order valence-corrected chi connectivity index (χ4v) is 0.951. The topological polar surface area (TPSA) is 31.2 Å². The van der Waals surface area contributed by atoms with Crippen LogP contribution in [0.4, 0.5) is 13.2 Å². The monoisotopic (exact) mass is 221 g/mol. The van der Waals surface area contributed by atoms with E-state index in [0.29, 0.717) is 0 Å². The SMILES string of the molecule is O=c1ccn(CCOCC(F)(F)F)cc1. The van der Waals surface area contributed by atoms with Crippen molar-refractivity contribution in [2.75, 3.05) is 13.2 Å². The molecule has 0 fully saturated rings. The fraction of sp³-hybridized carbons (Fsp3) is 0.444. The zero-order valence-electron chi connectivity index (χ0n) is 7.83. The summed E-state index contributed by atoms with van der Waals surface area (Å²) in [5.41, 5.74) is -0.137. The Morgan fingerprint density at radius 3 is 2.40 bits per heavy atom. The van der Waals surface area contributed by atoms with Crippen molar-refractivity contribution in [2.24, 2.45) is 0 Å². The van der Waals surface area contributed by atoms with E-state index in [9.17, 15) is 18.0 Å². The number of rotatable bonds is 4. The number of ether oxygens (including phenoxy) is 1. The summed E-state index contributed by atoms with van der Waals surface area (Å²) in [6, 6.07) is 2.67. The van der Waals surface area contributed by atoms with Crippen molar-refractivity contribution in [3.63, 3.8) is 0 Å². The summed E-state index contributed by atoms with van der Waals surface area (Å²) in [4.78, 5) is 10.7. The van der Waals surface area contributed by atoms with Crippen LogP contribution < -0.4 is 5.43 Å². The van der Waals surface area contributed by atoms with Crippen LogP contribution in [0.1, 0.15) is 0 Å². The number of alkyl halides is 3. The number of aromatic nitrogens is 1. The van der Waals surface area contributed by atoms with E-state index in [1.54, 1.807) is 4.57 Å². The van der Waals surface area contributed by atoms with Gasteiger partial charge >= 0.3 is 6.18 Å². The van der Waals surface area contributed by atoms with Crippen molar-refractivity contribution in [1.29, 1.82) is 0 Å². The van der Waals surface area contributed by atoms with Gasteiger partial charge in [0.05, 0.1) is 6.61 Å². The van der Waals surface area contributed by atoms with Crippen LogP contribution in [-0.2, 0) is 11.3 Å². The summed E-state index contributed by atoms with van der Waals surface area (Å²) in [5.74, 6) is 0. The molecule has 0 aliphatic carbocycles. The molecule has 1 aromatic heterocycles. The highest BCUT2D eigenvalue weighted by Gasteiger charge is 2.27. The molecule has 0 aliphatic heterocycles. The summed E-state index contributed by atoms with van der Waals surface area (Å²) < 4.78 is 41.0. The van der Waals surface area contributed by atoms with Gasteiger partial charge in [-0.15, -0.1) is 0 Å². The molecule has 0 aromatic carbocycles. The summed E-state index contributed by atoms with van der Waals surface area (Å²) in [5, 5.41) is 0. The normalized spacial score (nSPS) is 11.7. The Morgan fingerprint density at radius 1 is 1.27 bits per heavy atom. The molecule has 0 aliphatic rings.